The van der Waals surface area contributed by atoms with Crippen LogP contribution in [0.4, 0.5) is 8.78 Å². The molecule has 0 spiro atoms. The van der Waals surface area contributed by atoms with Crippen molar-refractivity contribution >= 4 is 21.8 Å². The summed E-state index contributed by atoms with van der Waals surface area (Å²) in [7, 11) is -3.89. The van der Waals surface area contributed by atoms with Gasteiger partial charge in [0.1, 0.15) is 11.6 Å². The average molecular weight is 423 g/mol. The predicted molar refractivity (Wildman–Crippen MR) is 100 cm³/mol. The van der Waals surface area contributed by atoms with Crippen molar-refractivity contribution in [3.8, 4) is 0 Å². The van der Waals surface area contributed by atoms with Crippen LogP contribution in [0.25, 0.3) is 0 Å². The van der Waals surface area contributed by atoms with Crippen LogP contribution in [0.1, 0.15) is 40.0 Å². The molecule has 0 aromatic heterocycles. The number of benzene rings is 2. The molecule has 2 aromatic rings. The van der Waals surface area contributed by atoms with Crippen molar-refractivity contribution in [3.05, 3.63) is 65.2 Å². The molecule has 0 N–H and O–H groups in total. The highest BCUT2D eigenvalue weighted by Gasteiger charge is 2.30. The second kappa shape index (κ2) is 8.79. The molecule has 154 valence electrons. The number of carbonyl (C=O) groups is 2. The summed E-state index contributed by atoms with van der Waals surface area (Å²) in [5.74, 6) is -3.80. The number of Topliss-reactive ketones (excluding diaryl/α,β-unsaturated/α-hetero) is 1. The molecule has 1 aliphatic heterocycles. The standard InChI is InChI=1S/C20H19F2NO5S/c21-14-8-9-15(17(22)12-14)18(24)13-28-20(25)16-6-2-3-7-19(16)29(26,27)23-10-4-1-5-11-23/h2-3,6-9,12H,1,4-5,10-11,13H2. The molecule has 3 rings (SSSR count). The number of carbonyl (C=O) groups excluding carboxylic acids is 2. The Hall–Kier alpha value is -2.65. The lowest BCUT2D eigenvalue weighted by atomic mass is 10.1. The van der Waals surface area contributed by atoms with Crippen LogP contribution in [0.5, 0.6) is 0 Å². The van der Waals surface area contributed by atoms with Crippen LogP contribution in [-0.4, -0.2) is 44.2 Å². The minimum atomic E-state index is -3.89. The lowest BCUT2D eigenvalue weighted by Gasteiger charge is -2.26. The Balaban J connectivity index is 1.77. The van der Waals surface area contributed by atoms with Gasteiger partial charge in [-0.2, -0.15) is 4.31 Å². The number of halogens is 2. The van der Waals surface area contributed by atoms with Crippen LogP contribution in [0.2, 0.25) is 0 Å². The van der Waals surface area contributed by atoms with Crippen molar-refractivity contribution in [3.63, 3.8) is 0 Å². The molecule has 0 aliphatic carbocycles. The molecule has 2 aromatic carbocycles. The molecule has 0 bridgehead atoms. The number of sulfonamides is 1. The molecule has 0 amide bonds. The monoisotopic (exact) mass is 423 g/mol. The minimum Gasteiger partial charge on any atom is -0.454 e. The summed E-state index contributed by atoms with van der Waals surface area (Å²) in [5, 5.41) is 0. The van der Waals surface area contributed by atoms with Gasteiger partial charge < -0.3 is 4.74 Å². The van der Waals surface area contributed by atoms with E-state index in [-0.39, 0.29) is 10.5 Å². The van der Waals surface area contributed by atoms with Crippen LogP contribution in [0, 0.1) is 11.6 Å². The van der Waals surface area contributed by atoms with Crippen LogP contribution in [0.3, 0.4) is 0 Å². The largest absolute Gasteiger partial charge is 0.454 e. The van der Waals surface area contributed by atoms with E-state index in [4.69, 9.17) is 4.74 Å². The van der Waals surface area contributed by atoms with Gasteiger partial charge in [-0.1, -0.05) is 18.6 Å². The van der Waals surface area contributed by atoms with Gasteiger partial charge in [-0.15, -0.1) is 0 Å². The first-order chi connectivity index (χ1) is 13.8. The van der Waals surface area contributed by atoms with Gasteiger partial charge in [0, 0.05) is 19.2 Å². The number of piperidine rings is 1. The molecular formula is C20H19F2NO5S. The normalized spacial score (nSPS) is 15.1. The van der Waals surface area contributed by atoms with E-state index < -0.39 is 45.6 Å². The maximum atomic E-state index is 13.7. The maximum absolute atomic E-state index is 13.7. The molecule has 1 heterocycles. The molecule has 1 fully saturated rings. The summed E-state index contributed by atoms with van der Waals surface area (Å²) in [6, 6.07) is 7.99. The summed E-state index contributed by atoms with van der Waals surface area (Å²) in [6.07, 6.45) is 2.42. The molecule has 0 atom stereocenters. The Morgan fingerprint density at radius 3 is 2.34 bits per heavy atom. The highest BCUT2D eigenvalue weighted by molar-refractivity contribution is 7.89. The molecule has 1 saturated heterocycles. The summed E-state index contributed by atoms with van der Waals surface area (Å²) < 4.78 is 58.7. The van der Waals surface area contributed by atoms with E-state index in [1.807, 2.05) is 0 Å². The number of hydrogen-bond donors (Lipinski definition) is 0. The topological polar surface area (TPSA) is 80.8 Å². The maximum Gasteiger partial charge on any atom is 0.339 e. The molecule has 0 radical (unpaired) electrons. The lowest BCUT2D eigenvalue weighted by molar-refractivity contribution is 0.0469. The zero-order valence-electron chi connectivity index (χ0n) is 15.4. The van der Waals surface area contributed by atoms with Crippen molar-refractivity contribution in [2.24, 2.45) is 0 Å². The Bertz CT molecular complexity index is 1030. The smallest absolute Gasteiger partial charge is 0.339 e. The summed E-state index contributed by atoms with van der Waals surface area (Å²) in [5.41, 5.74) is -0.626. The quantitative estimate of drug-likeness (QED) is 0.527. The Morgan fingerprint density at radius 1 is 0.966 bits per heavy atom. The predicted octanol–water partition coefficient (Wildman–Crippen LogP) is 3.18. The van der Waals surface area contributed by atoms with Gasteiger partial charge in [0.2, 0.25) is 15.8 Å². The van der Waals surface area contributed by atoms with Gasteiger partial charge in [-0.05, 0) is 37.1 Å². The van der Waals surface area contributed by atoms with E-state index in [0.29, 0.717) is 19.2 Å². The number of nitrogens with zero attached hydrogens (tertiary/aromatic N) is 1. The fraction of sp³-hybridized carbons (Fsp3) is 0.300. The third-order valence-electron chi connectivity index (χ3n) is 4.61. The minimum absolute atomic E-state index is 0.202. The zero-order chi connectivity index (χ0) is 21.0. The lowest BCUT2D eigenvalue weighted by Crippen LogP contribution is -2.36. The fourth-order valence-electron chi connectivity index (χ4n) is 3.11. The molecule has 9 heteroatoms. The number of rotatable bonds is 6. The van der Waals surface area contributed by atoms with Gasteiger partial charge in [-0.3, -0.25) is 4.79 Å². The van der Waals surface area contributed by atoms with Gasteiger partial charge >= 0.3 is 5.97 Å². The van der Waals surface area contributed by atoms with Gasteiger partial charge in [0.25, 0.3) is 0 Å². The van der Waals surface area contributed by atoms with Gasteiger partial charge in [-0.25, -0.2) is 22.0 Å². The van der Waals surface area contributed by atoms with Crippen LogP contribution < -0.4 is 0 Å². The molecule has 6 nitrogen and oxygen atoms in total. The van der Waals surface area contributed by atoms with Gasteiger partial charge in [0.15, 0.2) is 6.61 Å². The van der Waals surface area contributed by atoms with E-state index in [9.17, 15) is 26.8 Å². The zero-order valence-corrected chi connectivity index (χ0v) is 16.3. The average Bonchev–Trinajstić information content (AvgIpc) is 2.72. The number of esters is 1. The highest BCUT2D eigenvalue weighted by Crippen LogP contribution is 2.24. The fourth-order valence-corrected chi connectivity index (χ4v) is 4.80. The summed E-state index contributed by atoms with van der Waals surface area (Å²) in [6.45, 7) is -0.0679. The van der Waals surface area contributed by atoms with Crippen LogP contribution in [0.15, 0.2) is 47.4 Å². The van der Waals surface area contributed by atoms with E-state index >= 15 is 0 Å². The summed E-state index contributed by atoms with van der Waals surface area (Å²) in [4.78, 5) is 24.3. The Labute approximate surface area is 167 Å². The van der Waals surface area contributed by atoms with Crippen molar-refractivity contribution in [2.75, 3.05) is 19.7 Å². The van der Waals surface area contributed by atoms with E-state index in [2.05, 4.69) is 0 Å². The summed E-state index contributed by atoms with van der Waals surface area (Å²) >= 11 is 0. The third kappa shape index (κ3) is 4.68. The third-order valence-corrected chi connectivity index (χ3v) is 6.56. The SMILES string of the molecule is O=C(COC(=O)c1ccccc1S(=O)(=O)N1CCCCC1)c1ccc(F)cc1F. The molecule has 1 aliphatic rings. The number of hydrogen-bond acceptors (Lipinski definition) is 5. The van der Waals surface area contributed by atoms with Crippen LogP contribution >= 0.6 is 0 Å². The second-order valence-corrected chi connectivity index (χ2v) is 8.49. The van der Waals surface area contributed by atoms with Crippen LogP contribution in [-0.2, 0) is 14.8 Å². The Morgan fingerprint density at radius 2 is 1.66 bits per heavy atom. The van der Waals surface area contributed by atoms with Crippen molar-refractivity contribution in [1.29, 1.82) is 0 Å². The van der Waals surface area contributed by atoms with E-state index in [1.165, 1.54) is 28.6 Å². The van der Waals surface area contributed by atoms with Crippen molar-refractivity contribution in [2.45, 2.75) is 24.2 Å². The first-order valence-corrected chi connectivity index (χ1v) is 10.5. The highest BCUT2D eigenvalue weighted by atomic mass is 32.2. The number of ketones is 1. The first-order valence-electron chi connectivity index (χ1n) is 9.05. The molecule has 0 unspecified atom stereocenters. The Kier molecular flexibility index (Phi) is 6.39. The first kappa shape index (κ1) is 21.1. The molecule has 29 heavy (non-hydrogen) atoms. The van der Waals surface area contributed by atoms with E-state index in [1.54, 1.807) is 0 Å². The van der Waals surface area contributed by atoms with Gasteiger partial charge in [0.05, 0.1) is 16.0 Å². The van der Waals surface area contributed by atoms with E-state index in [0.717, 1.165) is 31.4 Å². The molecular weight excluding hydrogens is 404 g/mol. The molecule has 0 saturated carbocycles. The van der Waals surface area contributed by atoms with Crippen molar-refractivity contribution in [1.82, 2.24) is 4.31 Å². The number of ether oxygens (including phenoxy) is 1. The second-order valence-electron chi connectivity index (χ2n) is 6.58. The van der Waals surface area contributed by atoms with Crippen molar-refractivity contribution < 1.29 is 31.5 Å².